The molecule has 0 atom stereocenters. The lowest BCUT2D eigenvalue weighted by atomic mass is 10.1. The minimum Gasteiger partial charge on any atom is -0.293 e. The fraction of sp³-hybridized carbons (Fsp3) is 0.278. The van der Waals surface area contributed by atoms with E-state index in [0.29, 0.717) is 24.2 Å². The predicted molar refractivity (Wildman–Crippen MR) is 98.4 cm³/mol. The van der Waals surface area contributed by atoms with Gasteiger partial charge in [-0.1, -0.05) is 0 Å². The van der Waals surface area contributed by atoms with Gasteiger partial charge in [0, 0.05) is 17.0 Å². The fourth-order valence-electron chi connectivity index (χ4n) is 2.80. The molecule has 1 aliphatic heterocycles. The molecule has 0 saturated heterocycles. The van der Waals surface area contributed by atoms with Crippen molar-refractivity contribution in [2.24, 2.45) is 0 Å². The normalized spacial score (nSPS) is 13.7. The highest BCUT2D eigenvalue weighted by Gasteiger charge is 2.28. The van der Waals surface area contributed by atoms with Crippen molar-refractivity contribution < 1.29 is 22.0 Å². The number of carbonyl (C=O) groups is 1. The molecule has 26 heavy (non-hydrogen) atoms. The van der Waals surface area contributed by atoms with E-state index in [9.17, 15) is 22.0 Å². The summed E-state index contributed by atoms with van der Waals surface area (Å²) in [4.78, 5) is 12.5. The second-order valence-electron chi connectivity index (χ2n) is 5.85. The summed E-state index contributed by atoms with van der Waals surface area (Å²) in [6.07, 6.45) is 0.543. The van der Waals surface area contributed by atoms with Gasteiger partial charge >= 0.3 is 0 Å². The zero-order valence-electron chi connectivity index (χ0n) is 14.0. The Bertz CT molecular complexity index is 961. The maximum atomic E-state index is 13.6. The minimum absolute atomic E-state index is 0.0168. The highest BCUT2D eigenvalue weighted by Crippen LogP contribution is 2.32. The van der Waals surface area contributed by atoms with Gasteiger partial charge in [-0.25, -0.2) is 17.2 Å². The molecule has 4 nitrogen and oxygen atoms in total. The van der Waals surface area contributed by atoms with Crippen LogP contribution in [0.25, 0.3) is 0 Å². The van der Waals surface area contributed by atoms with Crippen LogP contribution in [0, 0.1) is 11.6 Å². The van der Waals surface area contributed by atoms with Crippen molar-refractivity contribution in [3.63, 3.8) is 0 Å². The smallest absolute Gasteiger partial charge is 0.234 e. The topological polar surface area (TPSA) is 54.5 Å². The van der Waals surface area contributed by atoms with E-state index < -0.39 is 21.7 Å². The van der Waals surface area contributed by atoms with Crippen LogP contribution in [-0.2, 0) is 16.4 Å². The van der Waals surface area contributed by atoms with Gasteiger partial charge in [-0.05, 0) is 55.3 Å². The van der Waals surface area contributed by atoms with Crippen molar-refractivity contribution in [2.75, 3.05) is 22.4 Å². The first kappa shape index (κ1) is 18.8. The van der Waals surface area contributed by atoms with Crippen LogP contribution in [0.5, 0.6) is 0 Å². The lowest BCUT2D eigenvalue weighted by Crippen LogP contribution is -2.30. The molecule has 3 rings (SSSR count). The fourth-order valence-corrected chi connectivity index (χ4v) is 4.82. The van der Waals surface area contributed by atoms with E-state index in [0.717, 1.165) is 35.5 Å². The van der Waals surface area contributed by atoms with Crippen LogP contribution < -0.4 is 4.31 Å². The first-order valence-corrected chi connectivity index (χ1v) is 10.7. The third-order valence-electron chi connectivity index (χ3n) is 4.21. The molecule has 0 saturated carbocycles. The van der Waals surface area contributed by atoms with Crippen LogP contribution in [-0.4, -0.2) is 32.3 Å². The molecule has 1 heterocycles. The van der Waals surface area contributed by atoms with Gasteiger partial charge in [-0.3, -0.25) is 9.10 Å². The molecule has 138 valence electrons. The van der Waals surface area contributed by atoms with E-state index in [-0.39, 0.29) is 22.2 Å². The quantitative estimate of drug-likeness (QED) is 0.552. The van der Waals surface area contributed by atoms with Gasteiger partial charge in [0.15, 0.2) is 5.78 Å². The Morgan fingerprint density at radius 1 is 1.19 bits per heavy atom. The lowest BCUT2D eigenvalue weighted by molar-refractivity contribution is 0.102. The summed E-state index contributed by atoms with van der Waals surface area (Å²) in [5.41, 5.74) is 1.84. The SMILES string of the molecule is CCS(=O)(=O)N1CCc2cc(C(=O)CSc3cc(F)ccc3F)ccc21. The largest absolute Gasteiger partial charge is 0.293 e. The third-order valence-corrected chi connectivity index (χ3v) is 7.02. The molecular weight excluding hydrogens is 380 g/mol. The summed E-state index contributed by atoms with van der Waals surface area (Å²) in [5, 5.41) is 0. The van der Waals surface area contributed by atoms with E-state index in [2.05, 4.69) is 0 Å². The summed E-state index contributed by atoms with van der Waals surface area (Å²) in [6.45, 7) is 1.96. The molecule has 0 aliphatic carbocycles. The monoisotopic (exact) mass is 397 g/mol. The number of fused-ring (bicyclic) bond motifs is 1. The zero-order valence-corrected chi connectivity index (χ0v) is 15.7. The van der Waals surface area contributed by atoms with Crippen LogP contribution in [0.1, 0.15) is 22.8 Å². The Hall–Kier alpha value is -1.93. The second kappa shape index (κ2) is 7.36. The summed E-state index contributed by atoms with van der Waals surface area (Å²) >= 11 is 0.935. The van der Waals surface area contributed by atoms with Gasteiger partial charge in [0.25, 0.3) is 0 Å². The van der Waals surface area contributed by atoms with Crippen molar-refractivity contribution in [3.8, 4) is 0 Å². The Labute approximate surface area is 155 Å². The molecule has 2 aromatic carbocycles. The zero-order chi connectivity index (χ0) is 18.9. The third kappa shape index (κ3) is 3.76. The number of nitrogens with zero attached hydrogens (tertiary/aromatic N) is 1. The van der Waals surface area contributed by atoms with Gasteiger partial charge in [0.05, 0.1) is 17.2 Å². The van der Waals surface area contributed by atoms with Crippen LogP contribution >= 0.6 is 11.8 Å². The molecule has 0 radical (unpaired) electrons. The van der Waals surface area contributed by atoms with Crippen LogP contribution in [0.15, 0.2) is 41.3 Å². The van der Waals surface area contributed by atoms with E-state index >= 15 is 0 Å². The summed E-state index contributed by atoms with van der Waals surface area (Å²) in [7, 11) is -3.33. The van der Waals surface area contributed by atoms with E-state index in [4.69, 9.17) is 0 Å². The standard InChI is InChI=1S/C18H17F2NO3S2/c1-2-26(23,24)21-8-7-12-9-13(3-6-16(12)21)17(22)11-25-18-10-14(19)4-5-15(18)20/h3-6,9-10H,2,7-8,11H2,1H3. The van der Waals surface area contributed by atoms with Crippen molar-refractivity contribution in [1.29, 1.82) is 0 Å². The Balaban J connectivity index is 1.75. The molecule has 1 aliphatic rings. The molecule has 0 spiro atoms. The number of hydrogen-bond acceptors (Lipinski definition) is 4. The maximum Gasteiger partial charge on any atom is 0.234 e. The van der Waals surface area contributed by atoms with Gasteiger partial charge < -0.3 is 0 Å². The Morgan fingerprint density at radius 2 is 1.96 bits per heavy atom. The number of benzene rings is 2. The molecular formula is C18H17F2NO3S2. The number of hydrogen-bond donors (Lipinski definition) is 0. The summed E-state index contributed by atoms with van der Waals surface area (Å²) in [5.74, 6) is -1.37. The van der Waals surface area contributed by atoms with Gasteiger partial charge in [-0.15, -0.1) is 11.8 Å². The number of Topliss-reactive ketones (excluding diaryl/α,β-unsaturated/α-hetero) is 1. The van der Waals surface area contributed by atoms with Crippen molar-refractivity contribution >= 4 is 33.3 Å². The number of anilines is 1. The molecule has 0 fully saturated rings. The molecule has 0 unspecified atom stereocenters. The van der Waals surface area contributed by atoms with E-state index in [1.165, 1.54) is 4.31 Å². The van der Waals surface area contributed by atoms with E-state index in [1.807, 2.05) is 0 Å². The Kier molecular flexibility index (Phi) is 5.34. The van der Waals surface area contributed by atoms with Gasteiger partial charge in [-0.2, -0.15) is 0 Å². The summed E-state index contributed by atoms with van der Waals surface area (Å²) < 4.78 is 52.4. The first-order chi connectivity index (χ1) is 12.3. The van der Waals surface area contributed by atoms with Crippen LogP contribution in [0.3, 0.4) is 0 Å². The molecule has 0 N–H and O–H groups in total. The number of rotatable bonds is 6. The number of sulfonamides is 1. The van der Waals surface area contributed by atoms with Gasteiger partial charge in [0.2, 0.25) is 10.0 Å². The van der Waals surface area contributed by atoms with Crippen molar-refractivity contribution in [3.05, 3.63) is 59.2 Å². The summed E-state index contributed by atoms with van der Waals surface area (Å²) in [6, 6.07) is 8.01. The molecule has 0 aromatic heterocycles. The molecule has 0 bridgehead atoms. The average molecular weight is 397 g/mol. The molecule has 2 aromatic rings. The second-order valence-corrected chi connectivity index (χ2v) is 9.05. The highest BCUT2D eigenvalue weighted by atomic mass is 32.2. The first-order valence-electron chi connectivity index (χ1n) is 8.06. The number of carbonyl (C=O) groups excluding carboxylic acids is 1. The van der Waals surface area contributed by atoms with E-state index in [1.54, 1.807) is 25.1 Å². The van der Waals surface area contributed by atoms with Crippen molar-refractivity contribution in [2.45, 2.75) is 18.2 Å². The number of thioether (sulfide) groups is 1. The minimum atomic E-state index is -3.33. The highest BCUT2D eigenvalue weighted by molar-refractivity contribution is 8.00. The average Bonchev–Trinajstić information content (AvgIpc) is 3.06. The number of ketones is 1. The molecule has 8 heteroatoms. The van der Waals surface area contributed by atoms with Crippen molar-refractivity contribution in [1.82, 2.24) is 0 Å². The van der Waals surface area contributed by atoms with Gasteiger partial charge in [0.1, 0.15) is 11.6 Å². The lowest BCUT2D eigenvalue weighted by Gasteiger charge is -2.18. The van der Waals surface area contributed by atoms with Crippen LogP contribution in [0.4, 0.5) is 14.5 Å². The maximum absolute atomic E-state index is 13.6. The number of halogens is 2. The Morgan fingerprint density at radius 3 is 2.69 bits per heavy atom. The molecule has 0 amide bonds. The van der Waals surface area contributed by atoms with Crippen LogP contribution in [0.2, 0.25) is 0 Å². The predicted octanol–water partition coefficient (Wildman–Crippen LogP) is 3.65.